The summed E-state index contributed by atoms with van der Waals surface area (Å²) in [6, 6.07) is 7.09. The normalized spacial score (nSPS) is 19.1. The molecule has 1 atom stereocenters. The molecule has 0 N–H and O–H groups in total. The van der Waals surface area contributed by atoms with Gasteiger partial charge in [-0.3, -0.25) is 4.79 Å². The van der Waals surface area contributed by atoms with E-state index < -0.39 is 24.3 Å². The van der Waals surface area contributed by atoms with E-state index in [1.54, 1.807) is 41.9 Å². The fraction of sp³-hybridized carbons (Fsp3) is 0.316. The summed E-state index contributed by atoms with van der Waals surface area (Å²) in [6.07, 6.45) is 4.28. The van der Waals surface area contributed by atoms with Gasteiger partial charge in [0.25, 0.3) is 17.6 Å². The minimum Gasteiger partial charge on any atom is -0.331 e. The first-order valence-electron chi connectivity index (χ1n) is 9.18. The second-order valence-corrected chi connectivity index (χ2v) is 7.33. The molecular formula is C19H17F2N7O. The molecule has 4 aromatic rings. The fourth-order valence-corrected chi connectivity index (χ4v) is 3.90. The molecule has 0 aliphatic carbocycles. The van der Waals surface area contributed by atoms with Crippen LogP contribution in [0.5, 0.6) is 0 Å². The number of piperidine rings is 1. The van der Waals surface area contributed by atoms with Gasteiger partial charge in [0.2, 0.25) is 0 Å². The second-order valence-electron chi connectivity index (χ2n) is 7.33. The van der Waals surface area contributed by atoms with Crippen LogP contribution in [0.25, 0.3) is 11.4 Å². The molecule has 5 heterocycles. The highest BCUT2D eigenvalue weighted by Gasteiger charge is 2.44. The summed E-state index contributed by atoms with van der Waals surface area (Å²) in [6.45, 7) is 1.28. The average molecular weight is 397 g/mol. The number of carbonyl (C=O) groups excluding carboxylic acids is 1. The molecule has 1 unspecified atom stereocenters. The summed E-state index contributed by atoms with van der Waals surface area (Å²) in [5.41, 5.74) is 1.96. The number of imidazole rings is 1. The molecule has 1 aliphatic rings. The van der Waals surface area contributed by atoms with Crippen LogP contribution in [0.4, 0.5) is 8.78 Å². The number of halogens is 2. The molecule has 10 heteroatoms. The van der Waals surface area contributed by atoms with E-state index in [1.165, 1.54) is 15.7 Å². The molecule has 0 aromatic carbocycles. The van der Waals surface area contributed by atoms with E-state index >= 15 is 0 Å². The molecule has 4 aromatic heterocycles. The largest absolute Gasteiger partial charge is 0.331 e. The van der Waals surface area contributed by atoms with Crippen LogP contribution in [0.2, 0.25) is 0 Å². The van der Waals surface area contributed by atoms with E-state index in [0.717, 1.165) is 0 Å². The van der Waals surface area contributed by atoms with Crippen LogP contribution in [0.15, 0.2) is 43.0 Å². The van der Waals surface area contributed by atoms with Gasteiger partial charge in [0.15, 0.2) is 0 Å². The molecule has 0 radical (unpaired) electrons. The smallest absolute Gasteiger partial charge is 0.274 e. The molecule has 5 rings (SSSR count). The number of carbonyl (C=O) groups is 1. The third-order valence-electron chi connectivity index (χ3n) is 5.10. The van der Waals surface area contributed by atoms with Gasteiger partial charge in [0.1, 0.15) is 17.7 Å². The number of nitrogens with zero attached hydrogens (tertiary/aromatic N) is 7. The zero-order valence-corrected chi connectivity index (χ0v) is 15.5. The molecule has 8 nitrogen and oxygen atoms in total. The Morgan fingerprint density at radius 1 is 1.28 bits per heavy atom. The molecule has 0 bridgehead atoms. The number of rotatable bonds is 2. The number of likely N-dealkylation sites (tertiary alicyclic amines) is 1. The highest BCUT2D eigenvalue weighted by molar-refractivity contribution is 5.93. The zero-order valence-electron chi connectivity index (χ0n) is 15.5. The molecule has 0 saturated carbocycles. The predicted molar refractivity (Wildman–Crippen MR) is 98.9 cm³/mol. The van der Waals surface area contributed by atoms with E-state index in [9.17, 15) is 13.6 Å². The summed E-state index contributed by atoms with van der Waals surface area (Å²) < 4.78 is 32.4. The van der Waals surface area contributed by atoms with Gasteiger partial charge < -0.3 is 9.30 Å². The third kappa shape index (κ3) is 3.10. The van der Waals surface area contributed by atoms with Gasteiger partial charge in [0.05, 0.1) is 12.2 Å². The standard InChI is InChI=1S/C19H17F2N7O/c1-12-6-15(28-18(24-12)22-11-23-28)13-7-19(20,21)10-27(8-13)17(29)14-9-26-5-3-2-4-16(26)25-14/h2-6,9,11,13H,7-8,10H2,1H3. The van der Waals surface area contributed by atoms with E-state index in [0.29, 0.717) is 22.8 Å². The van der Waals surface area contributed by atoms with Crippen LogP contribution in [0.3, 0.4) is 0 Å². The lowest BCUT2D eigenvalue weighted by atomic mass is 9.91. The quantitative estimate of drug-likeness (QED) is 0.519. The monoisotopic (exact) mass is 397 g/mol. The third-order valence-corrected chi connectivity index (χ3v) is 5.10. The number of aryl methyl sites for hydroxylation is 1. The van der Waals surface area contributed by atoms with Crippen molar-refractivity contribution in [3.05, 3.63) is 60.1 Å². The van der Waals surface area contributed by atoms with Crippen LogP contribution in [-0.4, -0.2) is 58.8 Å². The Labute approximate surface area is 163 Å². The Morgan fingerprint density at radius 2 is 2.14 bits per heavy atom. The van der Waals surface area contributed by atoms with Crippen molar-refractivity contribution in [1.82, 2.24) is 33.9 Å². The maximum absolute atomic E-state index is 14.6. The minimum absolute atomic E-state index is 0.140. The Hall–Kier alpha value is -3.43. The van der Waals surface area contributed by atoms with E-state index in [1.807, 2.05) is 6.07 Å². The Morgan fingerprint density at radius 3 is 2.97 bits per heavy atom. The van der Waals surface area contributed by atoms with Gasteiger partial charge >= 0.3 is 0 Å². The fourth-order valence-electron chi connectivity index (χ4n) is 3.90. The topological polar surface area (TPSA) is 80.7 Å². The predicted octanol–water partition coefficient (Wildman–Crippen LogP) is 2.35. The van der Waals surface area contributed by atoms with Gasteiger partial charge in [-0.1, -0.05) is 6.07 Å². The van der Waals surface area contributed by atoms with Crippen molar-refractivity contribution < 1.29 is 13.6 Å². The molecule has 148 valence electrons. The first-order valence-corrected chi connectivity index (χ1v) is 9.18. The van der Waals surface area contributed by atoms with Crippen molar-refractivity contribution in [2.24, 2.45) is 0 Å². The lowest BCUT2D eigenvalue weighted by Crippen LogP contribution is -2.49. The number of fused-ring (bicyclic) bond motifs is 2. The number of pyridine rings is 1. The highest BCUT2D eigenvalue weighted by atomic mass is 19.3. The van der Waals surface area contributed by atoms with Gasteiger partial charge in [-0.2, -0.15) is 10.1 Å². The number of amides is 1. The molecule has 0 spiro atoms. The van der Waals surface area contributed by atoms with Gasteiger partial charge in [0, 0.05) is 37.0 Å². The van der Waals surface area contributed by atoms with Crippen molar-refractivity contribution in [3.8, 4) is 0 Å². The molecular weight excluding hydrogens is 380 g/mol. The van der Waals surface area contributed by atoms with Crippen LogP contribution in [-0.2, 0) is 0 Å². The first kappa shape index (κ1) is 17.7. The average Bonchev–Trinajstić information content (AvgIpc) is 3.31. The van der Waals surface area contributed by atoms with Gasteiger partial charge in [-0.05, 0) is 25.1 Å². The molecule has 29 heavy (non-hydrogen) atoms. The Kier molecular flexibility index (Phi) is 3.83. The summed E-state index contributed by atoms with van der Waals surface area (Å²) in [5, 5.41) is 4.12. The lowest BCUT2D eigenvalue weighted by Gasteiger charge is -2.37. The summed E-state index contributed by atoms with van der Waals surface area (Å²) in [4.78, 5) is 26.8. The van der Waals surface area contributed by atoms with Crippen LogP contribution >= 0.6 is 0 Å². The SMILES string of the molecule is Cc1cc(C2CN(C(=O)c3cn4ccccc4n3)CC(F)(F)C2)n2ncnc2n1. The molecule has 1 fully saturated rings. The van der Waals surface area contributed by atoms with Crippen LogP contribution in [0.1, 0.15) is 34.2 Å². The summed E-state index contributed by atoms with van der Waals surface area (Å²) >= 11 is 0. The van der Waals surface area contributed by atoms with Crippen molar-refractivity contribution >= 4 is 17.3 Å². The maximum atomic E-state index is 14.6. The number of aromatic nitrogens is 6. The lowest BCUT2D eigenvalue weighted by molar-refractivity contribution is -0.0642. The Bertz CT molecular complexity index is 1200. The Balaban J connectivity index is 1.51. The number of alkyl halides is 2. The van der Waals surface area contributed by atoms with E-state index in [4.69, 9.17) is 0 Å². The van der Waals surface area contributed by atoms with E-state index in [2.05, 4.69) is 20.1 Å². The van der Waals surface area contributed by atoms with Gasteiger partial charge in [-0.25, -0.2) is 23.3 Å². The van der Waals surface area contributed by atoms with Gasteiger partial charge in [-0.15, -0.1) is 0 Å². The first-order chi connectivity index (χ1) is 13.9. The summed E-state index contributed by atoms with van der Waals surface area (Å²) in [7, 11) is 0. The van der Waals surface area contributed by atoms with Crippen LogP contribution in [0, 0.1) is 6.92 Å². The van der Waals surface area contributed by atoms with E-state index in [-0.39, 0.29) is 18.7 Å². The van der Waals surface area contributed by atoms with Crippen molar-refractivity contribution in [2.45, 2.75) is 25.2 Å². The summed E-state index contributed by atoms with van der Waals surface area (Å²) in [5.74, 6) is -3.79. The minimum atomic E-state index is -3.03. The molecule has 1 aliphatic heterocycles. The maximum Gasteiger partial charge on any atom is 0.274 e. The van der Waals surface area contributed by atoms with Crippen LogP contribution < -0.4 is 0 Å². The zero-order chi connectivity index (χ0) is 20.2. The van der Waals surface area contributed by atoms with Crippen molar-refractivity contribution in [2.75, 3.05) is 13.1 Å². The number of hydrogen-bond donors (Lipinski definition) is 0. The highest BCUT2D eigenvalue weighted by Crippen LogP contribution is 2.36. The van der Waals surface area contributed by atoms with Crippen molar-refractivity contribution in [1.29, 1.82) is 0 Å². The molecule has 1 amide bonds. The second kappa shape index (κ2) is 6.29. The molecule has 1 saturated heterocycles. The van der Waals surface area contributed by atoms with Crippen molar-refractivity contribution in [3.63, 3.8) is 0 Å². The number of hydrogen-bond acceptors (Lipinski definition) is 5.